The fourth-order valence-electron chi connectivity index (χ4n) is 16.4. The summed E-state index contributed by atoms with van der Waals surface area (Å²) in [5.41, 5.74) is -1.07. The molecule has 0 aliphatic carbocycles. The molecule has 81 heavy (non-hydrogen) atoms. The summed E-state index contributed by atoms with van der Waals surface area (Å²) in [6.45, 7) is 9.95. The number of aliphatic hydroxyl groups is 7. The predicted octanol–water partition coefficient (Wildman–Crippen LogP) is 1.56. The highest BCUT2D eigenvalue weighted by Gasteiger charge is 2.63. The van der Waals surface area contributed by atoms with E-state index in [-0.39, 0.29) is 92.3 Å². The summed E-state index contributed by atoms with van der Waals surface area (Å²) in [5.74, 6) is -1.41. The zero-order valence-electron chi connectivity index (χ0n) is 47.2. The molecule has 7 N–H and O–H groups in total. The van der Waals surface area contributed by atoms with Crippen molar-refractivity contribution in [2.75, 3.05) is 13.2 Å². The fourth-order valence-corrected chi connectivity index (χ4v) is 16.4. The van der Waals surface area contributed by atoms with E-state index >= 15 is 0 Å². The van der Waals surface area contributed by atoms with Gasteiger partial charge in [0.05, 0.1) is 129 Å². The van der Waals surface area contributed by atoms with Crippen LogP contribution in [0.5, 0.6) is 0 Å². The van der Waals surface area contributed by atoms with Crippen LogP contribution in [0.3, 0.4) is 0 Å². The molecule has 13 rings (SSSR count). The normalized spacial score (nSPS) is 56.3. The molecule has 21 nitrogen and oxygen atoms in total. The summed E-state index contributed by atoms with van der Waals surface area (Å²) in [5, 5.41) is 76.5. The number of fused-ring (bicyclic) bond motifs is 11. The summed E-state index contributed by atoms with van der Waals surface area (Å²) < 4.78 is 88.6. The van der Waals surface area contributed by atoms with Gasteiger partial charge in [0.2, 0.25) is 0 Å². The van der Waals surface area contributed by atoms with Crippen molar-refractivity contribution in [3.05, 3.63) is 36.5 Å². The van der Waals surface area contributed by atoms with Gasteiger partial charge in [0.1, 0.15) is 66.3 Å². The molecule has 1 spiro atoms. The summed E-state index contributed by atoms with van der Waals surface area (Å²) in [6, 6.07) is 0. The quantitative estimate of drug-likeness (QED) is 0.197. The van der Waals surface area contributed by atoms with Crippen molar-refractivity contribution in [1.82, 2.24) is 0 Å². The maximum absolute atomic E-state index is 13.1. The number of ether oxygens (including phenoxy) is 13. The van der Waals surface area contributed by atoms with E-state index in [4.69, 9.17) is 61.6 Å². The topological polar surface area (TPSA) is 279 Å². The van der Waals surface area contributed by atoms with Crippen molar-refractivity contribution in [1.29, 1.82) is 0 Å². The summed E-state index contributed by atoms with van der Waals surface area (Å²) in [6.07, 6.45) is -1.39. The third-order valence-electron chi connectivity index (χ3n) is 21.2. The number of carbonyl (C=O) groups excluding carboxylic acids is 1. The lowest BCUT2D eigenvalue weighted by atomic mass is 9.75. The van der Waals surface area contributed by atoms with E-state index in [9.17, 15) is 40.5 Å². The molecular weight excluding hydrogens is 1060 g/mol. The van der Waals surface area contributed by atoms with Crippen LogP contribution in [-0.4, -0.2) is 237 Å². The maximum Gasteiger partial charge on any atom is 0.174 e. The van der Waals surface area contributed by atoms with Crippen LogP contribution in [0.25, 0.3) is 0 Å². The molecule has 10 saturated heterocycles. The number of hydrogen-bond acceptors (Lipinski definition) is 21. The van der Waals surface area contributed by atoms with Gasteiger partial charge in [-0.1, -0.05) is 64.2 Å². The first-order valence-corrected chi connectivity index (χ1v) is 30.6. The number of ketones is 1. The molecular formula is C60H88O21. The fraction of sp³-hybridized carbons (Fsp3) is 0.883. The lowest BCUT2D eigenvalue weighted by Crippen LogP contribution is -2.64. The first-order valence-electron chi connectivity index (χ1n) is 30.6. The van der Waals surface area contributed by atoms with Gasteiger partial charge in [-0.25, -0.2) is 0 Å². The molecule has 0 saturated carbocycles. The smallest absolute Gasteiger partial charge is 0.174 e. The summed E-state index contributed by atoms with van der Waals surface area (Å²) in [7, 11) is 0. The van der Waals surface area contributed by atoms with E-state index < -0.39 is 158 Å². The Hall–Kier alpha value is -1.91. The van der Waals surface area contributed by atoms with Crippen LogP contribution in [0.4, 0.5) is 0 Å². The highest BCUT2D eigenvalue weighted by atomic mass is 16.7. The first-order chi connectivity index (χ1) is 38.8. The molecule has 0 aromatic heterocycles. The molecule has 0 bridgehead atoms. The highest BCUT2D eigenvalue weighted by Crippen LogP contribution is 2.52. The van der Waals surface area contributed by atoms with Gasteiger partial charge in [0.15, 0.2) is 5.79 Å². The van der Waals surface area contributed by atoms with Crippen LogP contribution in [0.15, 0.2) is 36.5 Å². The number of aliphatic hydroxyl groups excluding tert-OH is 7. The number of Topliss-reactive ketones (excluding diaryl/α,β-unsaturated/α-hetero) is 1. The van der Waals surface area contributed by atoms with Crippen molar-refractivity contribution >= 4 is 5.78 Å². The van der Waals surface area contributed by atoms with Crippen molar-refractivity contribution in [3.8, 4) is 0 Å². The Morgan fingerprint density at radius 1 is 0.543 bits per heavy atom. The molecule has 10 fully saturated rings. The Balaban J connectivity index is 0.675. The molecule has 13 aliphatic rings. The average molecular weight is 1150 g/mol. The van der Waals surface area contributed by atoms with Crippen LogP contribution in [0.2, 0.25) is 0 Å². The van der Waals surface area contributed by atoms with Crippen molar-refractivity contribution in [2.45, 2.75) is 294 Å². The Labute approximate surface area is 473 Å². The summed E-state index contributed by atoms with van der Waals surface area (Å²) in [4.78, 5) is 13.1. The van der Waals surface area contributed by atoms with Gasteiger partial charge >= 0.3 is 0 Å². The Bertz CT molecular complexity index is 2320. The van der Waals surface area contributed by atoms with Crippen LogP contribution < -0.4 is 0 Å². The molecule has 0 aromatic carbocycles. The lowest BCUT2D eigenvalue weighted by Gasteiger charge is -2.53. The summed E-state index contributed by atoms with van der Waals surface area (Å²) >= 11 is 0. The molecule has 34 atom stereocenters. The molecule has 13 aliphatic heterocycles. The minimum absolute atomic E-state index is 0.00312. The lowest BCUT2D eigenvalue weighted by molar-refractivity contribution is -0.339. The third-order valence-corrected chi connectivity index (χ3v) is 21.2. The molecule has 21 heteroatoms. The molecule has 454 valence electrons. The van der Waals surface area contributed by atoms with E-state index in [1.165, 1.54) is 0 Å². The SMILES string of the molecule is CC1CC2OC3C(CC2OC2CC4OC5C/C=C\CC6OC7C=CC8OC9C(CC8OC7C=CC6OC5CC(O)C4(C)OC2C1)OC1CC(=O)CC(CC(O)C(O)CO)OC1C9O)OC1C(C)C(C)C2(CC(O)CO2)OC1C(O)C3C. The third kappa shape index (κ3) is 10.9. The van der Waals surface area contributed by atoms with Gasteiger partial charge in [-0.3, -0.25) is 4.79 Å². The highest BCUT2D eigenvalue weighted by molar-refractivity contribution is 5.79. The Kier molecular flexibility index (Phi) is 16.5. The van der Waals surface area contributed by atoms with E-state index in [0.29, 0.717) is 44.9 Å². The van der Waals surface area contributed by atoms with Gasteiger partial charge < -0.3 is 97.3 Å². The van der Waals surface area contributed by atoms with Gasteiger partial charge in [0.25, 0.3) is 0 Å². The molecule has 0 amide bonds. The monoisotopic (exact) mass is 1140 g/mol. The van der Waals surface area contributed by atoms with Gasteiger partial charge in [-0.05, 0) is 44.4 Å². The van der Waals surface area contributed by atoms with Gasteiger partial charge in [0, 0.05) is 63.2 Å². The molecule has 0 radical (unpaired) electrons. The van der Waals surface area contributed by atoms with Crippen LogP contribution in [-0.2, 0) is 66.4 Å². The van der Waals surface area contributed by atoms with E-state index in [1.807, 2.05) is 38.2 Å². The van der Waals surface area contributed by atoms with Crippen LogP contribution in [0, 0.1) is 23.7 Å². The van der Waals surface area contributed by atoms with Crippen molar-refractivity contribution in [2.24, 2.45) is 23.7 Å². The Morgan fingerprint density at radius 2 is 1.16 bits per heavy atom. The number of carbonyl (C=O) groups is 1. The van der Waals surface area contributed by atoms with E-state index in [2.05, 4.69) is 32.9 Å². The Morgan fingerprint density at radius 3 is 1.91 bits per heavy atom. The average Bonchev–Trinajstić information content (AvgIpc) is 3.67. The largest absolute Gasteiger partial charge is 0.394 e. The number of hydrogen-bond donors (Lipinski definition) is 7. The van der Waals surface area contributed by atoms with Crippen LogP contribution >= 0.6 is 0 Å². The maximum atomic E-state index is 13.1. The zero-order chi connectivity index (χ0) is 56.4. The van der Waals surface area contributed by atoms with Crippen molar-refractivity contribution in [3.63, 3.8) is 0 Å². The first kappa shape index (κ1) is 58.1. The van der Waals surface area contributed by atoms with Gasteiger partial charge in [-0.15, -0.1) is 0 Å². The second-order valence-corrected chi connectivity index (χ2v) is 26.7. The minimum Gasteiger partial charge on any atom is -0.394 e. The standard InChI is InChI=1S/C60H88O21/c1-26-14-41-43(20-48-54(78-41)28(3)52(67)58-55(79-48)27(2)29(4)60(81-58)23-31(63)25-69-60)74-45-22-51-59(5,80-46(45)15-26)50(66)21-44-36(76-51)9-7-6-8-35-37(73-44)10-11-39-38(71-35)12-13-40-42(72-39)19-49-57(77-40)53(68)56-47(75-49)17-30(62)16-32(70-56)18-33(64)34(65)24-61/h6-7,10-13,26-29,31-58,61,63-68H,8-9,14-25H2,1-5H3/b7-6-. The number of rotatable bonds is 4. The molecule has 34 unspecified atom stereocenters. The molecule has 13 heterocycles. The van der Waals surface area contributed by atoms with E-state index in [0.717, 1.165) is 6.42 Å². The minimum atomic E-state index is -1.39. The van der Waals surface area contributed by atoms with E-state index in [1.54, 1.807) is 0 Å². The predicted molar refractivity (Wildman–Crippen MR) is 281 cm³/mol. The van der Waals surface area contributed by atoms with Gasteiger partial charge in [-0.2, -0.15) is 0 Å². The van der Waals surface area contributed by atoms with Crippen LogP contribution in [0.1, 0.15) is 112 Å². The second-order valence-electron chi connectivity index (χ2n) is 26.7. The molecule has 0 aromatic rings. The second kappa shape index (κ2) is 23.0. The zero-order valence-corrected chi connectivity index (χ0v) is 47.2. The van der Waals surface area contributed by atoms with Crippen molar-refractivity contribution < 1.29 is 102 Å².